The minimum absolute atomic E-state index is 0.219. The highest BCUT2D eigenvalue weighted by molar-refractivity contribution is 6.06. The Morgan fingerprint density at radius 1 is 0.786 bits per heavy atom. The van der Waals surface area contributed by atoms with Gasteiger partial charge in [-0.25, -0.2) is 5.01 Å². The number of hydrogen-bond acceptors (Lipinski definition) is 3. The van der Waals surface area contributed by atoms with Crippen LogP contribution in [0, 0.1) is 0 Å². The van der Waals surface area contributed by atoms with E-state index < -0.39 is 0 Å². The number of amides is 2. The lowest BCUT2D eigenvalue weighted by molar-refractivity contribution is -0.112. The molecule has 5 heteroatoms. The van der Waals surface area contributed by atoms with Crippen molar-refractivity contribution in [3.05, 3.63) is 108 Å². The average Bonchev–Trinajstić information content (AvgIpc) is 2.73. The second kappa shape index (κ2) is 9.19. The van der Waals surface area contributed by atoms with Crippen molar-refractivity contribution in [2.45, 2.75) is 6.92 Å². The first-order chi connectivity index (χ1) is 13.6. The van der Waals surface area contributed by atoms with Crippen LogP contribution in [0.25, 0.3) is 0 Å². The lowest BCUT2D eigenvalue weighted by atomic mass is 10.2. The van der Waals surface area contributed by atoms with Gasteiger partial charge < -0.3 is 5.32 Å². The van der Waals surface area contributed by atoms with E-state index in [0.717, 1.165) is 0 Å². The number of hydrogen-bond donors (Lipinski definition) is 2. The summed E-state index contributed by atoms with van der Waals surface area (Å²) in [4.78, 5) is 25.2. The normalized spacial score (nSPS) is 10.8. The summed E-state index contributed by atoms with van der Waals surface area (Å²) in [6.45, 7) is 1.73. The summed E-state index contributed by atoms with van der Waals surface area (Å²) in [7, 11) is 0. The molecule has 0 bridgehead atoms. The number of hydrazine groups is 1. The first kappa shape index (κ1) is 18.9. The lowest BCUT2D eigenvalue weighted by Crippen LogP contribution is -2.42. The molecule has 0 saturated carbocycles. The van der Waals surface area contributed by atoms with Crippen LogP contribution in [0.5, 0.6) is 0 Å². The first-order valence-corrected chi connectivity index (χ1v) is 8.89. The molecule has 140 valence electrons. The van der Waals surface area contributed by atoms with Gasteiger partial charge in [0.05, 0.1) is 5.69 Å². The van der Waals surface area contributed by atoms with Crippen molar-refractivity contribution in [2.75, 3.05) is 10.3 Å². The van der Waals surface area contributed by atoms with E-state index in [9.17, 15) is 9.59 Å². The predicted molar refractivity (Wildman–Crippen MR) is 112 cm³/mol. The van der Waals surface area contributed by atoms with E-state index in [0.29, 0.717) is 22.6 Å². The number of nitrogens with one attached hydrogen (secondary N) is 2. The predicted octanol–water partition coefficient (Wildman–Crippen LogP) is 4.38. The maximum absolute atomic E-state index is 13.0. The van der Waals surface area contributed by atoms with Crippen LogP contribution in [-0.4, -0.2) is 11.8 Å². The van der Waals surface area contributed by atoms with E-state index in [-0.39, 0.29) is 11.8 Å². The third-order valence-corrected chi connectivity index (χ3v) is 3.92. The van der Waals surface area contributed by atoms with Crippen LogP contribution in [-0.2, 0) is 4.79 Å². The summed E-state index contributed by atoms with van der Waals surface area (Å²) in [6.07, 6.45) is 1.42. The quantitative estimate of drug-likeness (QED) is 0.499. The van der Waals surface area contributed by atoms with Crippen molar-refractivity contribution in [1.82, 2.24) is 5.43 Å². The van der Waals surface area contributed by atoms with Gasteiger partial charge in [-0.3, -0.25) is 15.0 Å². The summed E-state index contributed by atoms with van der Waals surface area (Å²) in [5, 5.41) is 4.22. The van der Waals surface area contributed by atoms with Crippen LogP contribution in [0.4, 0.5) is 11.4 Å². The van der Waals surface area contributed by atoms with Crippen molar-refractivity contribution in [3.8, 4) is 0 Å². The van der Waals surface area contributed by atoms with E-state index >= 15 is 0 Å². The van der Waals surface area contributed by atoms with Crippen molar-refractivity contribution in [1.29, 1.82) is 0 Å². The third-order valence-electron chi connectivity index (χ3n) is 3.92. The fourth-order valence-corrected chi connectivity index (χ4v) is 2.62. The van der Waals surface area contributed by atoms with Crippen molar-refractivity contribution >= 4 is 23.2 Å². The second-order valence-electron chi connectivity index (χ2n) is 6.14. The monoisotopic (exact) mass is 371 g/mol. The molecule has 0 spiro atoms. The molecule has 0 fully saturated rings. The molecular formula is C23H21N3O2. The molecule has 0 saturated heterocycles. The summed E-state index contributed by atoms with van der Waals surface area (Å²) in [5.41, 5.74) is 5.48. The number of rotatable bonds is 6. The van der Waals surface area contributed by atoms with Gasteiger partial charge in [0.2, 0.25) is 5.91 Å². The zero-order chi connectivity index (χ0) is 19.8. The van der Waals surface area contributed by atoms with Gasteiger partial charge in [0.25, 0.3) is 5.91 Å². The van der Waals surface area contributed by atoms with Gasteiger partial charge in [-0.1, -0.05) is 54.6 Å². The Kier molecular flexibility index (Phi) is 6.21. The Labute approximate surface area is 164 Å². The molecule has 3 rings (SSSR count). The highest BCUT2D eigenvalue weighted by atomic mass is 16.2. The average molecular weight is 371 g/mol. The first-order valence-electron chi connectivity index (χ1n) is 8.89. The Hall–Kier alpha value is -3.86. The van der Waals surface area contributed by atoms with Gasteiger partial charge in [0.15, 0.2) is 0 Å². The smallest absolute Gasteiger partial charge is 0.276 e. The molecule has 0 aromatic heterocycles. The fourth-order valence-electron chi connectivity index (χ4n) is 2.62. The topological polar surface area (TPSA) is 61.4 Å². The SMILES string of the molecule is C/C(=C\C(=O)Nc1ccccc1)NN(C(=O)c1ccccc1)c1ccccc1. The zero-order valence-electron chi connectivity index (χ0n) is 15.5. The number of anilines is 2. The molecule has 3 aromatic carbocycles. The van der Waals surface area contributed by atoms with Crippen LogP contribution >= 0.6 is 0 Å². The minimum Gasteiger partial charge on any atom is -0.322 e. The molecular weight excluding hydrogens is 350 g/mol. The standard InChI is InChI=1S/C23H21N3O2/c1-18(17-22(27)24-20-13-7-3-8-14-20)25-26(21-15-9-4-10-16-21)23(28)19-11-5-2-6-12-19/h2-17,25H,1H3,(H,24,27)/b18-17+. The van der Waals surface area contributed by atoms with Gasteiger partial charge in [0.1, 0.15) is 0 Å². The van der Waals surface area contributed by atoms with E-state index in [1.54, 1.807) is 19.1 Å². The van der Waals surface area contributed by atoms with Gasteiger partial charge in [-0.05, 0) is 43.3 Å². The number of allylic oxidation sites excluding steroid dienone is 1. The Morgan fingerprint density at radius 2 is 1.32 bits per heavy atom. The maximum Gasteiger partial charge on any atom is 0.276 e. The lowest BCUT2D eigenvalue weighted by Gasteiger charge is -2.25. The molecule has 3 aromatic rings. The van der Waals surface area contributed by atoms with Gasteiger partial charge in [-0.2, -0.15) is 0 Å². The number of benzene rings is 3. The molecule has 0 radical (unpaired) electrons. The van der Waals surface area contributed by atoms with E-state index in [1.165, 1.54) is 11.1 Å². The maximum atomic E-state index is 13.0. The van der Waals surface area contributed by atoms with Gasteiger partial charge >= 0.3 is 0 Å². The molecule has 0 unspecified atom stereocenters. The molecule has 28 heavy (non-hydrogen) atoms. The van der Waals surface area contributed by atoms with Gasteiger partial charge in [0, 0.05) is 23.0 Å². The highest BCUT2D eigenvalue weighted by Gasteiger charge is 2.17. The molecule has 0 aliphatic rings. The zero-order valence-corrected chi connectivity index (χ0v) is 15.5. The van der Waals surface area contributed by atoms with Gasteiger partial charge in [-0.15, -0.1) is 0 Å². The molecule has 2 N–H and O–H groups in total. The minimum atomic E-state index is -0.281. The molecule has 2 amide bonds. The van der Waals surface area contributed by atoms with Crippen LogP contribution in [0.2, 0.25) is 0 Å². The molecule has 5 nitrogen and oxygen atoms in total. The second-order valence-corrected chi connectivity index (χ2v) is 6.14. The number of para-hydroxylation sites is 2. The summed E-state index contributed by atoms with van der Waals surface area (Å²) < 4.78 is 0. The van der Waals surface area contributed by atoms with Crippen molar-refractivity contribution in [3.63, 3.8) is 0 Å². The highest BCUT2D eigenvalue weighted by Crippen LogP contribution is 2.16. The molecule has 0 aliphatic heterocycles. The van der Waals surface area contributed by atoms with Crippen LogP contribution in [0.1, 0.15) is 17.3 Å². The summed E-state index contributed by atoms with van der Waals surface area (Å²) in [6, 6.07) is 27.4. The number of nitrogens with zero attached hydrogens (tertiary/aromatic N) is 1. The van der Waals surface area contributed by atoms with E-state index in [4.69, 9.17) is 0 Å². The van der Waals surface area contributed by atoms with Crippen LogP contribution in [0.3, 0.4) is 0 Å². The van der Waals surface area contributed by atoms with Crippen LogP contribution < -0.4 is 15.8 Å². The molecule has 0 heterocycles. The number of carbonyl (C=O) groups excluding carboxylic acids is 2. The Bertz CT molecular complexity index is 955. The summed E-state index contributed by atoms with van der Waals surface area (Å²) in [5.74, 6) is -0.501. The molecule has 0 aliphatic carbocycles. The number of carbonyl (C=O) groups is 2. The van der Waals surface area contributed by atoms with Crippen molar-refractivity contribution < 1.29 is 9.59 Å². The largest absolute Gasteiger partial charge is 0.322 e. The van der Waals surface area contributed by atoms with E-state index in [1.807, 2.05) is 78.9 Å². The molecule has 0 atom stereocenters. The summed E-state index contributed by atoms with van der Waals surface area (Å²) >= 11 is 0. The fraction of sp³-hybridized carbons (Fsp3) is 0.0435. The van der Waals surface area contributed by atoms with Crippen molar-refractivity contribution in [2.24, 2.45) is 0 Å². The van der Waals surface area contributed by atoms with E-state index in [2.05, 4.69) is 10.7 Å². The Morgan fingerprint density at radius 3 is 1.93 bits per heavy atom. The Balaban J connectivity index is 1.79. The third kappa shape index (κ3) is 5.08. The van der Waals surface area contributed by atoms with Crippen LogP contribution in [0.15, 0.2) is 103 Å².